The highest BCUT2D eigenvalue weighted by Gasteiger charge is 2.56. The van der Waals surface area contributed by atoms with Crippen molar-refractivity contribution in [1.82, 2.24) is 14.7 Å². The first-order valence-corrected chi connectivity index (χ1v) is 12.4. The van der Waals surface area contributed by atoms with Gasteiger partial charge in [-0.1, -0.05) is 0 Å². The van der Waals surface area contributed by atoms with E-state index in [1.807, 2.05) is 0 Å². The number of carbonyl (C=O) groups excluding carboxylic acids is 1. The van der Waals surface area contributed by atoms with Gasteiger partial charge in [0.2, 0.25) is 5.91 Å². The lowest BCUT2D eigenvalue weighted by Gasteiger charge is -2.58. The van der Waals surface area contributed by atoms with Crippen molar-refractivity contribution in [3.8, 4) is 0 Å². The lowest BCUT2D eigenvalue weighted by Crippen LogP contribution is -2.62. The van der Waals surface area contributed by atoms with E-state index in [1.165, 1.54) is 71.1 Å². The van der Waals surface area contributed by atoms with E-state index >= 15 is 0 Å². The lowest BCUT2D eigenvalue weighted by atomic mass is 9.49. The van der Waals surface area contributed by atoms with Crippen LogP contribution in [-0.4, -0.2) is 85.2 Å². The predicted molar refractivity (Wildman–Crippen MR) is 113 cm³/mol. The lowest BCUT2D eigenvalue weighted by molar-refractivity contribution is -0.231. The molecule has 5 heteroatoms. The van der Waals surface area contributed by atoms with Gasteiger partial charge >= 0.3 is 0 Å². The first-order valence-electron chi connectivity index (χ1n) is 12.4. The second-order valence-electron chi connectivity index (χ2n) is 11.7. The van der Waals surface area contributed by atoms with Crippen molar-refractivity contribution >= 4 is 5.91 Å². The van der Waals surface area contributed by atoms with E-state index in [0.717, 1.165) is 50.2 Å². The average molecular weight is 402 g/mol. The number of piperidine rings is 1. The largest absolute Gasteiger partial charge is 0.370 e. The van der Waals surface area contributed by atoms with Gasteiger partial charge in [0, 0.05) is 52.2 Å². The van der Waals surface area contributed by atoms with E-state index < -0.39 is 0 Å². The molecule has 1 amide bonds. The van der Waals surface area contributed by atoms with E-state index in [4.69, 9.17) is 4.74 Å². The second-order valence-corrected chi connectivity index (χ2v) is 11.7. The molecule has 0 aromatic carbocycles. The molecule has 7 fully saturated rings. The molecule has 0 aromatic heterocycles. The Kier molecular flexibility index (Phi) is 4.56. The average Bonchev–Trinajstić information content (AvgIpc) is 2.67. The molecule has 1 spiro atoms. The maximum atomic E-state index is 13.6. The number of hydrogen-bond acceptors (Lipinski definition) is 4. The Morgan fingerprint density at radius 3 is 1.97 bits per heavy atom. The zero-order valence-electron chi connectivity index (χ0n) is 18.3. The monoisotopic (exact) mass is 401 g/mol. The molecular weight excluding hydrogens is 362 g/mol. The van der Waals surface area contributed by atoms with Crippen LogP contribution in [0.15, 0.2) is 0 Å². The summed E-state index contributed by atoms with van der Waals surface area (Å²) in [6.45, 7) is 7.68. The Balaban J connectivity index is 1.01. The van der Waals surface area contributed by atoms with Crippen molar-refractivity contribution in [1.29, 1.82) is 0 Å². The van der Waals surface area contributed by atoms with Crippen molar-refractivity contribution in [2.75, 3.05) is 52.9 Å². The zero-order chi connectivity index (χ0) is 19.6. The number of likely N-dealkylation sites (tertiary alicyclic amines) is 1. The summed E-state index contributed by atoms with van der Waals surface area (Å²) in [6, 6.07) is 0. The number of amides is 1. The van der Waals surface area contributed by atoms with Crippen molar-refractivity contribution < 1.29 is 9.53 Å². The molecule has 4 aliphatic carbocycles. The minimum atomic E-state index is 0.0314. The first kappa shape index (κ1) is 19.1. The summed E-state index contributed by atoms with van der Waals surface area (Å²) in [5.41, 5.74) is 0.124. The van der Waals surface area contributed by atoms with Crippen LogP contribution in [-0.2, 0) is 9.53 Å². The van der Waals surface area contributed by atoms with Gasteiger partial charge in [0.15, 0.2) is 0 Å². The molecule has 5 nitrogen and oxygen atoms in total. The van der Waals surface area contributed by atoms with E-state index in [1.54, 1.807) is 0 Å². The molecule has 3 saturated heterocycles. The van der Waals surface area contributed by atoms with Crippen molar-refractivity contribution in [3.05, 3.63) is 0 Å². The summed E-state index contributed by atoms with van der Waals surface area (Å²) in [6.07, 6.45) is 11.6. The Morgan fingerprint density at radius 1 is 0.862 bits per heavy atom. The SMILES string of the molecule is CN1CCN(C[C@H]2CC3(CCN(C(=O)C45CC6CC(CC(C6)C4)C5)CC3)O2)CC1. The number of piperazine rings is 1. The number of carbonyl (C=O) groups is 1. The molecule has 0 aromatic rings. The van der Waals surface area contributed by atoms with Gasteiger partial charge in [0.25, 0.3) is 0 Å². The van der Waals surface area contributed by atoms with Crippen molar-refractivity contribution in [3.63, 3.8) is 0 Å². The van der Waals surface area contributed by atoms with Crippen LogP contribution in [0.1, 0.15) is 57.8 Å². The van der Waals surface area contributed by atoms with Gasteiger partial charge in [0.05, 0.1) is 17.1 Å². The number of ether oxygens (including phenoxy) is 1. The molecule has 162 valence electrons. The third-order valence-electron chi connectivity index (χ3n) is 9.53. The van der Waals surface area contributed by atoms with Crippen LogP contribution in [0.4, 0.5) is 0 Å². The summed E-state index contributed by atoms with van der Waals surface area (Å²) in [5.74, 6) is 3.09. The molecule has 0 unspecified atom stereocenters. The molecule has 29 heavy (non-hydrogen) atoms. The van der Waals surface area contributed by atoms with E-state index in [9.17, 15) is 4.79 Å². The fourth-order valence-electron chi connectivity index (χ4n) is 8.33. The van der Waals surface area contributed by atoms with Gasteiger partial charge in [-0.3, -0.25) is 9.69 Å². The summed E-state index contributed by atoms with van der Waals surface area (Å²) in [7, 11) is 2.21. The highest BCUT2D eigenvalue weighted by molar-refractivity contribution is 5.83. The van der Waals surface area contributed by atoms with E-state index in [-0.39, 0.29) is 11.0 Å². The molecule has 0 radical (unpaired) electrons. The first-order chi connectivity index (χ1) is 14.0. The van der Waals surface area contributed by atoms with Crippen LogP contribution < -0.4 is 0 Å². The van der Waals surface area contributed by atoms with Crippen LogP contribution in [0.2, 0.25) is 0 Å². The van der Waals surface area contributed by atoms with Gasteiger partial charge in [0.1, 0.15) is 0 Å². The summed E-state index contributed by atoms with van der Waals surface area (Å²) in [5, 5.41) is 0. The maximum Gasteiger partial charge on any atom is 0.228 e. The van der Waals surface area contributed by atoms with Gasteiger partial charge in [-0.25, -0.2) is 0 Å². The van der Waals surface area contributed by atoms with Gasteiger partial charge in [-0.2, -0.15) is 0 Å². The standard InChI is InChI=1S/C24H39N3O2/c1-25-6-8-26(9-7-25)17-21-16-24(29-21)2-4-27(5-3-24)22(28)23-13-18-10-19(14-23)12-20(11-18)15-23/h18-21H,2-17H2,1H3/t18?,19?,20?,21-,23?/m1/s1. The maximum absolute atomic E-state index is 13.6. The fourth-order valence-corrected chi connectivity index (χ4v) is 8.33. The minimum Gasteiger partial charge on any atom is -0.370 e. The topological polar surface area (TPSA) is 36.0 Å². The molecule has 4 bridgehead atoms. The zero-order valence-corrected chi connectivity index (χ0v) is 18.3. The Labute approximate surface area is 176 Å². The quantitative estimate of drug-likeness (QED) is 0.728. The molecular formula is C24H39N3O2. The Hall–Kier alpha value is -0.650. The number of hydrogen-bond donors (Lipinski definition) is 0. The Morgan fingerprint density at radius 2 is 1.41 bits per heavy atom. The van der Waals surface area contributed by atoms with Crippen LogP contribution in [0, 0.1) is 23.2 Å². The van der Waals surface area contributed by atoms with Crippen LogP contribution >= 0.6 is 0 Å². The van der Waals surface area contributed by atoms with E-state index in [0.29, 0.717) is 12.0 Å². The summed E-state index contributed by atoms with van der Waals surface area (Å²) < 4.78 is 6.48. The van der Waals surface area contributed by atoms with Crippen LogP contribution in [0.25, 0.3) is 0 Å². The molecule has 7 aliphatic rings. The third-order valence-corrected chi connectivity index (χ3v) is 9.53. The fraction of sp³-hybridized carbons (Fsp3) is 0.958. The van der Waals surface area contributed by atoms with Gasteiger partial charge in [-0.05, 0) is 76.2 Å². The highest BCUT2D eigenvalue weighted by Crippen LogP contribution is 2.60. The van der Waals surface area contributed by atoms with Crippen molar-refractivity contribution in [2.24, 2.45) is 23.2 Å². The van der Waals surface area contributed by atoms with Crippen LogP contribution in [0.3, 0.4) is 0 Å². The summed E-state index contributed by atoms with van der Waals surface area (Å²) >= 11 is 0. The Bertz CT molecular complexity index is 605. The van der Waals surface area contributed by atoms with E-state index in [2.05, 4.69) is 21.7 Å². The second kappa shape index (κ2) is 6.93. The molecule has 4 saturated carbocycles. The third kappa shape index (κ3) is 3.36. The normalized spacial score (nSPS) is 44.2. The van der Waals surface area contributed by atoms with Gasteiger partial charge in [-0.15, -0.1) is 0 Å². The van der Waals surface area contributed by atoms with Crippen molar-refractivity contribution in [2.45, 2.75) is 69.5 Å². The minimum absolute atomic E-state index is 0.0314. The highest BCUT2D eigenvalue weighted by atomic mass is 16.5. The molecule has 3 aliphatic heterocycles. The summed E-state index contributed by atoms with van der Waals surface area (Å²) in [4.78, 5) is 20.8. The number of rotatable bonds is 3. The number of likely N-dealkylation sites (N-methyl/N-ethyl adjacent to an activating group) is 1. The predicted octanol–water partition coefficient (Wildman–Crippen LogP) is 2.60. The van der Waals surface area contributed by atoms with Crippen LogP contribution in [0.5, 0.6) is 0 Å². The molecule has 1 atom stereocenters. The molecule has 7 rings (SSSR count). The van der Waals surface area contributed by atoms with Gasteiger partial charge < -0.3 is 14.5 Å². The molecule has 3 heterocycles. The smallest absolute Gasteiger partial charge is 0.228 e. The molecule has 0 N–H and O–H groups in total. The number of nitrogens with zero attached hydrogens (tertiary/aromatic N) is 3.